The normalized spacial score (nSPS) is 21.5. The van der Waals surface area contributed by atoms with Crippen LogP contribution >= 0.6 is 0 Å². The Hall–Kier alpha value is -0.840. The molecule has 0 aromatic carbocycles. The molecule has 0 aromatic heterocycles. The van der Waals surface area contributed by atoms with Crippen molar-refractivity contribution < 1.29 is 0 Å². The van der Waals surface area contributed by atoms with Crippen LogP contribution in [0.3, 0.4) is 0 Å². The molecule has 0 bridgehead atoms. The molecule has 13 heavy (non-hydrogen) atoms. The fraction of sp³-hybridized carbons (Fsp3) is 0.818. The van der Waals surface area contributed by atoms with Crippen LogP contribution < -0.4 is 0 Å². The maximum absolute atomic E-state index is 8.56. The topological polar surface area (TPSA) is 36.1 Å². The van der Waals surface area contributed by atoms with Crippen LogP contribution in [0.2, 0.25) is 0 Å². The molecule has 1 saturated carbocycles. The van der Waals surface area contributed by atoms with Crippen LogP contribution in [0.25, 0.3) is 0 Å². The second-order valence-electron chi connectivity index (χ2n) is 3.89. The lowest BCUT2D eigenvalue weighted by atomic mass is 9.96. The fourth-order valence-electron chi connectivity index (χ4n) is 1.65. The van der Waals surface area contributed by atoms with Crippen LogP contribution in [0, 0.1) is 17.2 Å². The lowest BCUT2D eigenvalue weighted by Gasteiger charge is -2.17. The van der Waals surface area contributed by atoms with Crippen molar-refractivity contribution in [3.63, 3.8) is 0 Å². The summed E-state index contributed by atoms with van der Waals surface area (Å²) in [6, 6.07) is 2.77. The minimum Gasteiger partial charge on any atom is -0.294 e. The van der Waals surface area contributed by atoms with Gasteiger partial charge in [0, 0.05) is 18.2 Å². The largest absolute Gasteiger partial charge is 0.294 e. The van der Waals surface area contributed by atoms with Crippen molar-refractivity contribution in [2.75, 3.05) is 0 Å². The molecule has 2 nitrogen and oxygen atoms in total. The summed E-state index contributed by atoms with van der Waals surface area (Å²) < 4.78 is 0. The summed E-state index contributed by atoms with van der Waals surface area (Å²) in [7, 11) is 0. The van der Waals surface area contributed by atoms with Crippen molar-refractivity contribution in [1.29, 1.82) is 5.26 Å². The Bertz CT molecular complexity index is 197. The molecule has 0 spiro atoms. The highest BCUT2D eigenvalue weighted by Crippen LogP contribution is 2.19. The zero-order valence-electron chi connectivity index (χ0n) is 8.37. The zero-order valence-corrected chi connectivity index (χ0v) is 8.37. The molecule has 1 fully saturated rings. The average Bonchev–Trinajstić information content (AvgIpc) is 2.19. The van der Waals surface area contributed by atoms with Gasteiger partial charge in [-0.3, -0.25) is 4.99 Å². The second-order valence-corrected chi connectivity index (χ2v) is 3.89. The van der Waals surface area contributed by atoms with Gasteiger partial charge in [0.25, 0.3) is 0 Å². The molecule has 1 aliphatic rings. The first-order valence-corrected chi connectivity index (χ1v) is 5.24. The maximum atomic E-state index is 8.56. The molecule has 1 rings (SSSR count). The van der Waals surface area contributed by atoms with E-state index in [1.54, 1.807) is 0 Å². The predicted octanol–water partition coefficient (Wildman–Crippen LogP) is 2.94. The third kappa shape index (κ3) is 4.07. The third-order valence-electron chi connectivity index (χ3n) is 2.57. The van der Waals surface area contributed by atoms with Crippen molar-refractivity contribution >= 4 is 6.21 Å². The van der Waals surface area contributed by atoms with Gasteiger partial charge in [0.2, 0.25) is 0 Å². The Morgan fingerprint density at radius 1 is 1.46 bits per heavy atom. The minimum atomic E-state index is 0.118. The average molecular weight is 178 g/mol. The van der Waals surface area contributed by atoms with Gasteiger partial charge in [0.1, 0.15) is 0 Å². The minimum absolute atomic E-state index is 0.118. The van der Waals surface area contributed by atoms with Gasteiger partial charge in [-0.1, -0.05) is 19.3 Å². The monoisotopic (exact) mass is 178 g/mol. The lowest BCUT2D eigenvalue weighted by Crippen LogP contribution is -2.09. The van der Waals surface area contributed by atoms with E-state index in [0.717, 1.165) is 6.42 Å². The lowest BCUT2D eigenvalue weighted by molar-refractivity contribution is 0.443. The summed E-state index contributed by atoms with van der Waals surface area (Å²) in [6.45, 7) is 1.94. The molecule has 0 amide bonds. The Balaban J connectivity index is 2.19. The van der Waals surface area contributed by atoms with E-state index in [1.807, 2.05) is 13.1 Å². The van der Waals surface area contributed by atoms with Crippen LogP contribution in [-0.4, -0.2) is 12.3 Å². The van der Waals surface area contributed by atoms with Gasteiger partial charge in [-0.15, -0.1) is 0 Å². The van der Waals surface area contributed by atoms with E-state index in [-0.39, 0.29) is 5.92 Å². The van der Waals surface area contributed by atoms with Gasteiger partial charge >= 0.3 is 0 Å². The molecule has 1 atom stereocenters. The molecule has 1 aliphatic carbocycles. The van der Waals surface area contributed by atoms with E-state index in [0.29, 0.717) is 6.04 Å². The molecule has 0 N–H and O–H groups in total. The molecule has 0 aliphatic heterocycles. The number of hydrogen-bond donors (Lipinski definition) is 0. The third-order valence-corrected chi connectivity index (χ3v) is 2.57. The highest BCUT2D eigenvalue weighted by atomic mass is 14.8. The van der Waals surface area contributed by atoms with E-state index in [1.165, 1.54) is 32.1 Å². The number of nitriles is 1. The molecule has 1 unspecified atom stereocenters. The molecule has 0 radical (unpaired) electrons. The van der Waals surface area contributed by atoms with Crippen LogP contribution in [0.15, 0.2) is 4.99 Å². The van der Waals surface area contributed by atoms with Crippen LogP contribution in [-0.2, 0) is 0 Å². The summed E-state index contributed by atoms with van der Waals surface area (Å²) in [5, 5.41) is 8.56. The van der Waals surface area contributed by atoms with Gasteiger partial charge in [-0.25, -0.2) is 0 Å². The van der Waals surface area contributed by atoms with Gasteiger partial charge in [0.05, 0.1) is 6.07 Å². The van der Waals surface area contributed by atoms with E-state index in [9.17, 15) is 0 Å². The second kappa shape index (κ2) is 5.75. The van der Waals surface area contributed by atoms with Gasteiger partial charge < -0.3 is 0 Å². The standard InChI is InChI=1S/C11H18N2/c1-10(9-12)7-8-13-11-5-3-2-4-6-11/h8,10-11H,2-7H2,1H3/b13-8-. The maximum Gasteiger partial charge on any atom is 0.0656 e. The highest BCUT2D eigenvalue weighted by Gasteiger charge is 2.10. The van der Waals surface area contributed by atoms with E-state index in [2.05, 4.69) is 11.1 Å². The molecular formula is C11H18N2. The Labute approximate surface area is 80.7 Å². The summed E-state index contributed by atoms with van der Waals surface area (Å²) in [5.74, 6) is 0.118. The predicted molar refractivity (Wildman–Crippen MR) is 54.8 cm³/mol. The summed E-state index contributed by atoms with van der Waals surface area (Å²) in [4.78, 5) is 4.50. The number of hydrogen-bond acceptors (Lipinski definition) is 2. The summed E-state index contributed by atoms with van der Waals surface area (Å²) in [6.07, 6.45) is 9.29. The number of aliphatic imine (C=N–C) groups is 1. The van der Waals surface area contributed by atoms with Crippen molar-refractivity contribution in [2.45, 2.75) is 51.5 Å². The van der Waals surface area contributed by atoms with Crippen molar-refractivity contribution in [3.8, 4) is 6.07 Å². The van der Waals surface area contributed by atoms with Crippen LogP contribution in [0.1, 0.15) is 45.4 Å². The Kier molecular flexibility index (Phi) is 4.53. The quantitative estimate of drug-likeness (QED) is 0.612. The van der Waals surface area contributed by atoms with Gasteiger partial charge in [-0.05, 0) is 26.2 Å². The summed E-state index contributed by atoms with van der Waals surface area (Å²) >= 11 is 0. The molecule has 0 saturated heterocycles. The molecule has 2 heteroatoms. The van der Waals surface area contributed by atoms with Crippen LogP contribution in [0.5, 0.6) is 0 Å². The van der Waals surface area contributed by atoms with Crippen molar-refractivity contribution in [1.82, 2.24) is 0 Å². The first kappa shape index (κ1) is 10.2. The number of nitrogens with zero attached hydrogens (tertiary/aromatic N) is 2. The zero-order chi connectivity index (χ0) is 9.52. The van der Waals surface area contributed by atoms with E-state index >= 15 is 0 Å². The van der Waals surface area contributed by atoms with Crippen molar-refractivity contribution in [3.05, 3.63) is 0 Å². The van der Waals surface area contributed by atoms with E-state index in [4.69, 9.17) is 5.26 Å². The molecule has 72 valence electrons. The highest BCUT2D eigenvalue weighted by molar-refractivity contribution is 5.58. The van der Waals surface area contributed by atoms with Crippen molar-refractivity contribution in [2.24, 2.45) is 10.9 Å². The fourth-order valence-corrected chi connectivity index (χ4v) is 1.65. The number of rotatable bonds is 3. The molecular weight excluding hydrogens is 160 g/mol. The smallest absolute Gasteiger partial charge is 0.0656 e. The first-order chi connectivity index (χ1) is 6.33. The Morgan fingerprint density at radius 2 is 2.15 bits per heavy atom. The first-order valence-electron chi connectivity index (χ1n) is 5.24. The Morgan fingerprint density at radius 3 is 2.77 bits per heavy atom. The molecule has 0 heterocycles. The van der Waals surface area contributed by atoms with Crippen LogP contribution in [0.4, 0.5) is 0 Å². The van der Waals surface area contributed by atoms with Gasteiger partial charge in [-0.2, -0.15) is 5.26 Å². The SMILES string of the molecule is CC(C#N)C/C=N\C1CCCCC1. The van der Waals surface area contributed by atoms with Gasteiger partial charge in [0.15, 0.2) is 0 Å². The van der Waals surface area contributed by atoms with E-state index < -0.39 is 0 Å². The molecule has 0 aromatic rings. The summed E-state index contributed by atoms with van der Waals surface area (Å²) in [5.41, 5.74) is 0.